The van der Waals surface area contributed by atoms with Crippen LogP contribution in [0.25, 0.3) is 0 Å². The van der Waals surface area contributed by atoms with Gasteiger partial charge >= 0.3 is 6.03 Å². The predicted molar refractivity (Wildman–Crippen MR) is 102 cm³/mol. The maximum atomic E-state index is 12.4. The number of hydrogen-bond acceptors (Lipinski definition) is 3. The van der Waals surface area contributed by atoms with E-state index in [1.807, 2.05) is 4.90 Å². The SMILES string of the molecule is CCCCN(C)CC1CCN(C(=O)Nc2ccc(C(C)=O)cc2)CC1. The summed E-state index contributed by atoms with van der Waals surface area (Å²) in [4.78, 5) is 28.0. The zero-order valence-electron chi connectivity index (χ0n) is 15.8. The van der Waals surface area contributed by atoms with Gasteiger partial charge < -0.3 is 15.1 Å². The highest BCUT2D eigenvalue weighted by Gasteiger charge is 2.23. The third-order valence-electron chi connectivity index (χ3n) is 4.91. The molecule has 5 nitrogen and oxygen atoms in total. The Morgan fingerprint density at radius 2 is 1.84 bits per heavy atom. The van der Waals surface area contributed by atoms with Crippen LogP contribution in [0.2, 0.25) is 0 Å². The van der Waals surface area contributed by atoms with Crippen LogP contribution >= 0.6 is 0 Å². The third kappa shape index (κ3) is 6.16. The van der Waals surface area contributed by atoms with Gasteiger partial charge in [-0.25, -0.2) is 4.79 Å². The van der Waals surface area contributed by atoms with Crippen LogP contribution in [-0.2, 0) is 0 Å². The number of carbonyl (C=O) groups excluding carboxylic acids is 2. The normalized spacial score (nSPS) is 15.4. The van der Waals surface area contributed by atoms with E-state index in [0.717, 1.165) is 44.7 Å². The average Bonchev–Trinajstić information content (AvgIpc) is 2.61. The van der Waals surface area contributed by atoms with Crippen LogP contribution in [0, 0.1) is 5.92 Å². The van der Waals surface area contributed by atoms with E-state index in [9.17, 15) is 9.59 Å². The Balaban J connectivity index is 1.76. The molecule has 0 saturated carbocycles. The van der Waals surface area contributed by atoms with E-state index in [0.29, 0.717) is 11.5 Å². The van der Waals surface area contributed by atoms with Crippen molar-refractivity contribution in [3.05, 3.63) is 29.8 Å². The molecule has 1 aromatic rings. The molecule has 5 heteroatoms. The zero-order chi connectivity index (χ0) is 18.2. The number of nitrogens with zero attached hydrogens (tertiary/aromatic N) is 2. The molecule has 0 spiro atoms. The van der Waals surface area contributed by atoms with Crippen molar-refractivity contribution >= 4 is 17.5 Å². The van der Waals surface area contributed by atoms with E-state index in [-0.39, 0.29) is 11.8 Å². The van der Waals surface area contributed by atoms with Crippen molar-refractivity contribution in [3.63, 3.8) is 0 Å². The lowest BCUT2D eigenvalue weighted by Crippen LogP contribution is -2.43. The number of rotatable bonds is 7. The summed E-state index contributed by atoms with van der Waals surface area (Å²) in [6.45, 7) is 7.67. The summed E-state index contributed by atoms with van der Waals surface area (Å²) in [5.74, 6) is 0.713. The standard InChI is InChI=1S/C20H31N3O2/c1-4-5-12-22(3)15-17-10-13-23(14-11-17)20(25)21-19-8-6-18(7-9-19)16(2)24/h6-9,17H,4-5,10-15H2,1-3H3,(H,21,25). The first-order valence-corrected chi connectivity index (χ1v) is 9.35. The Kier molecular flexibility index (Phi) is 7.44. The molecule has 25 heavy (non-hydrogen) atoms. The van der Waals surface area contributed by atoms with Gasteiger partial charge in [-0.1, -0.05) is 13.3 Å². The third-order valence-corrected chi connectivity index (χ3v) is 4.91. The minimum atomic E-state index is -0.0478. The summed E-state index contributed by atoms with van der Waals surface area (Å²) in [6, 6.07) is 7.01. The lowest BCUT2D eigenvalue weighted by molar-refractivity contribution is 0.101. The number of piperidine rings is 1. The topological polar surface area (TPSA) is 52.6 Å². The molecule has 1 saturated heterocycles. The Labute approximate surface area is 151 Å². The number of carbonyl (C=O) groups is 2. The molecular formula is C20H31N3O2. The molecule has 1 aliphatic rings. The molecule has 0 bridgehead atoms. The quantitative estimate of drug-likeness (QED) is 0.763. The van der Waals surface area contributed by atoms with Gasteiger partial charge in [0, 0.05) is 30.9 Å². The molecule has 0 radical (unpaired) electrons. The number of ketones is 1. The van der Waals surface area contributed by atoms with Crippen molar-refractivity contribution in [2.45, 2.75) is 39.5 Å². The van der Waals surface area contributed by atoms with E-state index in [4.69, 9.17) is 0 Å². The lowest BCUT2D eigenvalue weighted by atomic mass is 9.96. The molecule has 0 atom stereocenters. The van der Waals surface area contributed by atoms with Gasteiger partial charge in [0.1, 0.15) is 0 Å². The fourth-order valence-corrected chi connectivity index (χ4v) is 3.27. The van der Waals surface area contributed by atoms with E-state index < -0.39 is 0 Å². The fourth-order valence-electron chi connectivity index (χ4n) is 3.27. The molecule has 1 aliphatic heterocycles. The molecule has 1 N–H and O–H groups in total. The Hall–Kier alpha value is -1.88. The average molecular weight is 345 g/mol. The summed E-state index contributed by atoms with van der Waals surface area (Å²) < 4.78 is 0. The van der Waals surface area contributed by atoms with E-state index in [2.05, 4.69) is 24.2 Å². The van der Waals surface area contributed by atoms with Gasteiger partial charge in [-0.3, -0.25) is 4.79 Å². The molecule has 1 heterocycles. The van der Waals surface area contributed by atoms with Gasteiger partial charge in [0.25, 0.3) is 0 Å². The highest BCUT2D eigenvalue weighted by atomic mass is 16.2. The first-order chi connectivity index (χ1) is 12.0. The molecule has 2 rings (SSSR count). The minimum absolute atomic E-state index is 0.0313. The van der Waals surface area contributed by atoms with Crippen LogP contribution in [0.15, 0.2) is 24.3 Å². The van der Waals surface area contributed by atoms with Gasteiger partial charge in [0.15, 0.2) is 5.78 Å². The molecule has 2 amide bonds. The number of Topliss-reactive ketones (excluding diaryl/α,β-unsaturated/α-hetero) is 1. The van der Waals surface area contributed by atoms with Crippen molar-refractivity contribution < 1.29 is 9.59 Å². The zero-order valence-corrected chi connectivity index (χ0v) is 15.8. The fraction of sp³-hybridized carbons (Fsp3) is 0.600. The van der Waals surface area contributed by atoms with Crippen LogP contribution in [0.5, 0.6) is 0 Å². The van der Waals surface area contributed by atoms with Gasteiger partial charge in [-0.15, -0.1) is 0 Å². The molecule has 0 aromatic heterocycles. The van der Waals surface area contributed by atoms with Crippen LogP contribution < -0.4 is 5.32 Å². The number of likely N-dealkylation sites (tertiary alicyclic amines) is 1. The number of hydrogen-bond donors (Lipinski definition) is 1. The van der Waals surface area contributed by atoms with Crippen molar-refractivity contribution in [1.82, 2.24) is 9.80 Å². The first-order valence-electron chi connectivity index (χ1n) is 9.35. The Morgan fingerprint density at radius 3 is 2.40 bits per heavy atom. The van der Waals surface area contributed by atoms with E-state index in [1.54, 1.807) is 24.3 Å². The van der Waals surface area contributed by atoms with Gasteiger partial charge in [-0.2, -0.15) is 0 Å². The minimum Gasteiger partial charge on any atom is -0.325 e. The Bertz CT molecular complexity index is 563. The second kappa shape index (κ2) is 9.56. The molecule has 1 aromatic carbocycles. The number of anilines is 1. The van der Waals surface area contributed by atoms with E-state index >= 15 is 0 Å². The summed E-state index contributed by atoms with van der Waals surface area (Å²) in [5.41, 5.74) is 1.39. The summed E-state index contributed by atoms with van der Waals surface area (Å²) in [5, 5.41) is 2.93. The van der Waals surface area contributed by atoms with Crippen molar-refractivity contribution in [2.24, 2.45) is 5.92 Å². The molecule has 1 fully saturated rings. The lowest BCUT2D eigenvalue weighted by Gasteiger charge is -2.34. The number of unbranched alkanes of at least 4 members (excludes halogenated alkanes) is 1. The molecule has 138 valence electrons. The number of benzene rings is 1. The van der Waals surface area contributed by atoms with Gasteiger partial charge in [0.05, 0.1) is 0 Å². The molecule has 0 unspecified atom stereocenters. The number of urea groups is 1. The summed E-state index contributed by atoms with van der Waals surface area (Å²) in [7, 11) is 2.19. The Morgan fingerprint density at radius 1 is 1.20 bits per heavy atom. The predicted octanol–water partition coefficient (Wildman–Crippen LogP) is 3.87. The highest BCUT2D eigenvalue weighted by molar-refractivity contribution is 5.95. The van der Waals surface area contributed by atoms with E-state index in [1.165, 1.54) is 19.8 Å². The molecular weight excluding hydrogens is 314 g/mol. The van der Waals surface area contributed by atoms with Crippen LogP contribution in [0.4, 0.5) is 10.5 Å². The molecule has 0 aliphatic carbocycles. The van der Waals surface area contributed by atoms with Crippen molar-refractivity contribution in [2.75, 3.05) is 38.5 Å². The van der Waals surface area contributed by atoms with Crippen LogP contribution in [0.1, 0.15) is 49.9 Å². The first kappa shape index (κ1) is 19.4. The monoisotopic (exact) mass is 345 g/mol. The number of nitrogens with one attached hydrogen (secondary N) is 1. The summed E-state index contributed by atoms with van der Waals surface area (Å²) in [6.07, 6.45) is 4.61. The second-order valence-corrected chi connectivity index (χ2v) is 7.11. The maximum Gasteiger partial charge on any atom is 0.321 e. The van der Waals surface area contributed by atoms with Crippen LogP contribution in [0.3, 0.4) is 0 Å². The largest absolute Gasteiger partial charge is 0.325 e. The number of amides is 2. The second-order valence-electron chi connectivity index (χ2n) is 7.11. The van der Waals surface area contributed by atoms with Gasteiger partial charge in [0.2, 0.25) is 0 Å². The van der Waals surface area contributed by atoms with Crippen molar-refractivity contribution in [3.8, 4) is 0 Å². The maximum absolute atomic E-state index is 12.4. The smallest absolute Gasteiger partial charge is 0.321 e. The highest BCUT2D eigenvalue weighted by Crippen LogP contribution is 2.19. The summed E-state index contributed by atoms with van der Waals surface area (Å²) >= 11 is 0. The van der Waals surface area contributed by atoms with Crippen molar-refractivity contribution in [1.29, 1.82) is 0 Å². The van der Waals surface area contributed by atoms with Gasteiger partial charge in [-0.05, 0) is 70.0 Å². The van der Waals surface area contributed by atoms with Crippen LogP contribution in [-0.4, -0.2) is 54.8 Å².